The van der Waals surface area contributed by atoms with E-state index in [1.54, 1.807) is 12.1 Å². The fourth-order valence-corrected chi connectivity index (χ4v) is 9.00. The maximum atomic E-state index is 14.1. The third kappa shape index (κ3) is 3.73. The van der Waals surface area contributed by atoms with E-state index >= 15 is 0 Å². The number of anilines is 1. The molecule has 44 heavy (non-hydrogen) atoms. The van der Waals surface area contributed by atoms with E-state index < -0.39 is 62.0 Å². The SMILES string of the molecule is O=C1[C@H]2[C@H](CC=C3[C@H](C4=COc5ccc(O)cc5C4)[C@]4(Cl)C(=O)N(CBr)C(=O)[C@]4(Cl)C[C@H]32)C(=O)N1c1cccc([N+](=O)[O-])c1. The summed E-state index contributed by atoms with van der Waals surface area (Å²) in [5.74, 6) is -5.52. The first-order chi connectivity index (χ1) is 20.9. The van der Waals surface area contributed by atoms with Gasteiger partial charge in [0, 0.05) is 30.0 Å². The third-order valence-corrected chi connectivity index (χ3v) is 11.4. The zero-order chi connectivity index (χ0) is 31.3. The average Bonchev–Trinajstić information content (AvgIpc) is 3.34. The largest absolute Gasteiger partial charge is 0.508 e. The van der Waals surface area contributed by atoms with Crippen molar-refractivity contribution >= 4 is 74.1 Å². The molecule has 2 aromatic rings. The van der Waals surface area contributed by atoms with Crippen LogP contribution in [0.4, 0.5) is 11.4 Å². The minimum Gasteiger partial charge on any atom is -0.508 e. The van der Waals surface area contributed by atoms with Crippen LogP contribution in [-0.4, -0.2) is 53.8 Å². The predicted octanol–water partition coefficient (Wildman–Crippen LogP) is 4.57. The van der Waals surface area contributed by atoms with Crippen LogP contribution < -0.4 is 9.64 Å². The molecule has 1 N–H and O–H groups in total. The van der Waals surface area contributed by atoms with Gasteiger partial charge in [-0.25, -0.2) is 4.90 Å². The van der Waals surface area contributed by atoms with Crippen molar-refractivity contribution in [2.75, 3.05) is 10.4 Å². The van der Waals surface area contributed by atoms with Crippen molar-refractivity contribution < 1.29 is 33.9 Å². The van der Waals surface area contributed by atoms with E-state index in [1.807, 2.05) is 0 Å². The summed E-state index contributed by atoms with van der Waals surface area (Å²) in [5, 5.41) is 21.5. The third-order valence-electron chi connectivity index (χ3n) is 9.46. The number of non-ortho nitro benzene ring substituents is 1. The zero-order valence-electron chi connectivity index (χ0n) is 22.6. The highest BCUT2D eigenvalue weighted by Gasteiger charge is 2.76. The molecule has 0 unspecified atom stereocenters. The van der Waals surface area contributed by atoms with E-state index in [1.165, 1.54) is 42.7 Å². The summed E-state index contributed by atoms with van der Waals surface area (Å²) >= 11 is 17.7. The molecule has 2 aliphatic carbocycles. The molecule has 226 valence electrons. The summed E-state index contributed by atoms with van der Waals surface area (Å²) in [6.45, 7) is 0. The number of halogens is 3. The van der Waals surface area contributed by atoms with E-state index in [0.29, 0.717) is 22.5 Å². The molecular formula is C30H22BrCl2N3O8. The van der Waals surface area contributed by atoms with Gasteiger partial charge in [0.05, 0.1) is 34.2 Å². The molecule has 0 radical (unpaired) electrons. The number of carbonyl (C=O) groups is 4. The number of amides is 4. The lowest BCUT2D eigenvalue weighted by Crippen LogP contribution is -2.61. The van der Waals surface area contributed by atoms with Gasteiger partial charge < -0.3 is 9.84 Å². The first kappa shape index (κ1) is 29.0. The van der Waals surface area contributed by atoms with Gasteiger partial charge >= 0.3 is 0 Å². The Labute approximate surface area is 268 Å². The monoisotopic (exact) mass is 701 g/mol. The number of aromatic hydroxyl groups is 1. The van der Waals surface area contributed by atoms with Gasteiger partial charge in [0.15, 0.2) is 9.75 Å². The topological polar surface area (TPSA) is 147 Å². The highest BCUT2D eigenvalue weighted by molar-refractivity contribution is 9.09. The van der Waals surface area contributed by atoms with Crippen molar-refractivity contribution in [1.29, 1.82) is 0 Å². The number of fused-ring (bicyclic) bond motifs is 5. The van der Waals surface area contributed by atoms with Crippen LogP contribution in [0.3, 0.4) is 0 Å². The van der Waals surface area contributed by atoms with Crippen LogP contribution >= 0.6 is 39.1 Å². The normalized spacial score (nSPS) is 32.3. The molecule has 6 atom stereocenters. The number of alkyl halides is 3. The number of ether oxygens (including phenoxy) is 1. The van der Waals surface area contributed by atoms with Crippen molar-refractivity contribution in [3.63, 3.8) is 0 Å². The molecule has 7 rings (SSSR count). The van der Waals surface area contributed by atoms with Crippen LogP contribution in [0.25, 0.3) is 0 Å². The molecule has 5 aliphatic rings. The van der Waals surface area contributed by atoms with Crippen LogP contribution in [0.15, 0.2) is 65.9 Å². The number of nitro groups is 1. The molecule has 2 saturated heterocycles. The van der Waals surface area contributed by atoms with Crippen molar-refractivity contribution in [2.24, 2.45) is 23.7 Å². The molecule has 0 spiro atoms. The van der Waals surface area contributed by atoms with E-state index in [-0.39, 0.29) is 41.8 Å². The number of nitro benzene ring substituents is 1. The Morgan fingerprint density at radius 1 is 1.07 bits per heavy atom. The van der Waals surface area contributed by atoms with Crippen molar-refractivity contribution in [3.05, 3.63) is 81.6 Å². The van der Waals surface area contributed by atoms with Gasteiger partial charge in [0.2, 0.25) is 11.8 Å². The summed E-state index contributed by atoms with van der Waals surface area (Å²) in [5.41, 5.74) is 1.37. The van der Waals surface area contributed by atoms with Gasteiger partial charge in [-0.15, -0.1) is 23.2 Å². The summed E-state index contributed by atoms with van der Waals surface area (Å²) < 4.78 is 5.89. The molecule has 3 heterocycles. The standard InChI is InChI=1S/C30H22BrCl2N3O8/c31-13-34-27(40)29(32)11-21-19(24(30(29,33)28(34)41)15-8-14-9-18(37)4-7-22(14)44-12-15)5-6-20-23(21)26(39)35(25(20)38)16-2-1-3-17(10-16)36(42)43/h1-5,7,9-10,12,20-21,23-24,37H,6,8,11,13H2/t20-,21+,23-,24-,29+,30-/m0/s1. The van der Waals surface area contributed by atoms with E-state index in [0.717, 1.165) is 9.80 Å². The smallest absolute Gasteiger partial charge is 0.271 e. The zero-order valence-corrected chi connectivity index (χ0v) is 25.7. The molecule has 2 aromatic carbocycles. The predicted molar refractivity (Wildman–Crippen MR) is 160 cm³/mol. The Balaban J connectivity index is 1.35. The van der Waals surface area contributed by atoms with Gasteiger partial charge in [0.25, 0.3) is 17.5 Å². The quantitative estimate of drug-likeness (QED) is 0.122. The molecule has 0 aromatic heterocycles. The van der Waals surface area contributed by atoms with E-state index in [2.05, 4.69) is 15.9 Å². The summed E-state index contributed by atoms with van der Waals surface area (Å²) in [4.78, 5) is 64.3. The van der Waals surface area contributed by atoms with Crippen LogP contribution in [0.2, 0.25) is 0 Å². The minimum absolute atomic E-state index is 0.0102. The van der Waals surface area contributed by atoms with Crippen molar-refractivity contribution in [2.45, 2.75) is 29.0 Å². The Hall–Kier alpha value is -3.74. The molecule has 3 fully saturated rings. The van der Waals surface area contributed by atoms with Crippen LogP contribution in [0.5, 0.6) is 11.5 Å². The lowest BCUT2D eigenvalue weighted by Gasteiger charge is -2.51. The lowest BCUT2D eigenvalue weighted by molar-refractivity contribution is -0.384. The first-order valence-corrected chi connectivity index (χ1v) is 15.6. The number of hydrogen-bond acceptors (Lipinski definition) is 8. The summed E-state index contributed by atoms with van der Waals surface area (Å²) in [7, 11) is 0. The van der Waals surface area contributed by atoms with Gasteiger partial charge in [-0.05, 0) is 48.6 Å². The number of phenols is 1. The number of benzene rings is 2. The second-order valence-electron chi connectivity index (χ2n) is 11.6. The number of imide groups is 2. The highest BCUT2D eigenvalue weighted by Crippen LogP contribution is 2.65. The number of nitrogens with zero attached hydrogens (tertiary/aromatic N) is 3. The van der Waals surface area contributed by atoms with Crippen LogP contribution in [0.1, 0.15) is 18.4 Å². The fraction of sp³-hybridized carbons (Fsp3) is 0.333. The first-order valence-electron chi connectivity index (χ1n) is 13.7. The highest BCUT2D eigenvalue weighted by atomic mass is 79.9. The average molecular weight is 703 g/mol. The number of hydrogen-bond donors (Lipinski definition) is 1. The maximum absolute atomic E-state index is 14.1. The fourth-order valence-electron chi connectivity index (χ4n) is 7.56. The van der Waals surface area contributed by atoms with Gasteiger partial charge in [-0.3, -0.25) is 34.2 Å². The lowest BCUT2D eigenvalue weighted by atomic mass is 9.56. The Morgan fingerprint density at radius 3 is 2.57 bits per heavy atom. The number of likely N-dealkylation sites (tertiary alicyclic amines) is 1. The number of phenolic OH excluding ortho intramolecular Hbond substituents is 1. The van der Waals surface area contributed by atoms with E-state index in [4.69, 9.17) is 27.9 Å². The molecular weight excluding hydrogens is 681 g/mol. The summed E-state index contributed by atoms with van der Waals surface area (Å²) in [6.07, 6.45) is 3.42. The van der Waals surface area contributed by atoms with E-state index in [9.17, 15) is 34.4 Å². The Morgan fingerprint density at radius 2 is 1.84 bits per heavy atom. The van der Waals surface area contributed by atoms with Gasteiger partial charge in [0.1, 0.15) is 11.5 Å². The minimum atomic E-state index is -1.98. The second kappa shape index (κ2) is 9.88. The van der Waals surface area contributed by atoms with Crippen LogP contribution in [-0.2, 0) is 25.6 Å². The second-order valence-corrected chi connectivity index (χ2v) is 13.3. The number of rotatable bonds is 4. The molecule has 3 aliphatic heterocycles. The van der Waals surface area contributed by atoms with Gasteiger partial charge in [-0.2, -0.15) is 0 Å². The molecule has 4 amide bonds. The Kier molecular flexibility index (Phi) is 6.51. The maximum Gasteiger partial charge on any atom is 0.271 e. The summed E-state index contributed by atoms with van der Waals surface area (Å²) in [6, 6.07) is 9.90. The van der Waals surface area contributed by atoms with Crippen molar-refractivity contribution in [1.82, 2.24) is 4.90 Å². The molecule has 11 nitrogen and oxygen atoms in total. The van der Waals surface area contributed by atoms with Crippen molar-refractivity contribution in [3.8, 4) is 11.5 Å². The number of allylic oxidation sites excluding steroid dienone is 3. The molecule has 0 bridgehead atoms. The van der Waals surface area contributed by atoms with Crippen LogP contribution in [0, 0.1) is 33.8 Å². The Bertz CT molecular complexity index is 1780. The molecule has 1 saturated carbocycles. The molecule has 14 heteroatoms. The van der Waals surface area contributed by atoms with Gasteiger partial charge in [-0.1, -0.05) is 33.6 Å². The number of carbonyl (C=O) groups excluding carboxylic acids is 4.